The Kier molecular flexibility index (Phi) is 2.69. The molecular weight excluding hydrogens is 220 g/mol. The quantitative estimate of drug-likeness (QED) is 0.643. The lowest BCUT2D eigenvalue weighted by Gasteiger charge is -1.97. The summed E-state index contributed by atoms with van der Waals surface area (Å²) in [5, 5.41) is 1.20. The van der Waals surface area contributed by atoms with Gasteiger partial charge >= 0.3 is 0 Å². The minimum Gasteiger partial charge on any atom is -0.361 e. The Hall–Kier alpha value is -2.35. The van der Waals surface area contributed by atoms with Gasteiger partial charge in [0.15, 0.2) is 0 Å². The molecular formula is C16H14N2. The molecule has 1 aromatic heterocycles. The Labute approximate surface area is 106 Å². The van der Waals surface area contributed by atoms with Crippen molar-refractivity contribution in [2.24, 2.45) is 4.99 Å². The third kappa shape index (κ3) is 1.93. The number of aromatic nitrogens is 1. The zero-order valence-electron chi connectivity index (χ0n) is 10.2. The van der Waals surface area contributed by atoms with E-state index in [0.29, 0.717) is 0 Å². The summed E-state index contributed by atoms with van der Waals surface area (Å²) in [5.41, 5.74) is 4.47. The Morgan fingerprint density at radius 2 is 1.78 bits per heavy atom. The highest BCUT2D eigenvalue weighted by Gasteiger charge is 1.99. The van der Waals surface area contributed by atoms with Gasteiger partial charge in [-0.3, -0.25) is 4.99 Å². The number of benzene rings is 2. The van der Waals surface area contributed by atoms with Crippen LogP contribution < -0.4 is 0 Å². The van der Waals surface area contributed by atoms with Gasteiger partial charge in [0.05, 0.1) is 5.69 Å². The van der Waals surface area contributed by atoms with Gasteiger partial charge in [0.2, 0.25) is 0 Å². The van der Waals surface area contributed by atoms with Crippen LogP contribution in [-0.4, -0.2) is 11.2 Å². The molecule has 0 saturated heterocycles. The van der Waals surface area contributed by atoms with Crippen molar-refractivity contribution in [1.29, 1.82) is 0 Å². The van der Waals surface area contributed by atoms with Crippen LogP contribution in [0.4, 0.5) is 5.69 Å². The molecule has 0 aliphatic heterocycles. The number of hydrogen-bond donors (Lipinski definition) is 1. The maximum absolute atomic E-state index is 4.55. The summed E-state index contributed by atoms with van der Waals surface area (Å²) in [5.74, 6) is 0. The fourth-order valence-electron chi connectivity index (χ4n) is 2.05. The fourth-order valence-corrected chi connectivity index (χ4v) is 2.05. The number of para-hydroxylation sites is 2. The first kappa shape index (κ1) is 10.8. The highest BCUT2D eigenvalue weighted by atomic mass is 14.7. The molecule has 0 aliphatic rings. The van der Waals surface area contributed by atoms with Crippen molar-refractivity contribution in [2.75, 3.05) is 0 Å². The van der Waals surface area contributed by atoms with Crippen molar-refractivity contribution in [3.8, 4) is 0 Å². The van der Waals surface area contributed by atoms with Crippen LogP contribution in [0, 0.1) is 6.92 Å². The molecule has 88 valence electrons. The standard InChI is InChI=1S/C16H14N2/c1-12-6-2-4-8-15(12)17-10-13-11-18-16-9-5-3-7-14(13)16/h2-11,18H,1H3. The number of hydrogen-bond acceptors (Lipinski definition) is 1. The maximum atomic E-state index is 4.55. The topological polar surface area (TPSA) is 28.1 Å². The van der Waals surface area contributed by atoms with Crippen LogP contribution in [0.5, 0.6) is 0 Å². The summed E-state index contributed by atoms with van der Waals surface area (Å²) in [6.07, 6.45) is 3.91. The average Bonchev–Trinajstić information content (AvgIpc) is 2.81. The summed E-state index contributed by atoms with van der Waals surface area (Å²) in [7, 11) is 0. The summed E-state index contributed by atoms with van der Waals surface area (Å²) in [4.78, 5) is 7.80. The Morgan fingerprint density at radius 3 is 2.67 bits per heavy atom. The minimum atomic E-state index is 1.02. The molecule has 0 atom stereocenters. The molecule has 1 N–H and O–H groups in total. The zero-order chi connectivity index (χ0) is 12.4. The van der Waals surface area contributed by atoms with Gasteiger partial charge in [-0.2, -0.15) is 0 Å². The number of fused-ring (bicyclic) bond motifs is 1. The second-order valence-electron chi connectivity index (χ2n) is 4.33. The lowest BCUT2D eigenvalue weighted by atomic mass is 10.2. The van der Waals surface area contributed by atoms with Gasteiger partial charge in [0.25, 0.3) is 0 Å². The molecule has 0 saturated carbocycles. The number of nitrogens with zero attached hydrogens (tertiary/aromatic N) is 1. The molecule has 2 nitrogen and oxygen atoms in total. The Balaban J connectivity index is 2.00. The molecule has 0 fully saturated rings. The predicted octanol–water partition coefficient (Wildman–Crippen LogP) is 4.23. The normalized spacial score (nSPS) is 11.4. The first-order chi connectivity index (χ1) is 8.84. The second-order valence-corrected chi connectivity index (χ2v) is 4.33. The molecule has 3 aromatic rings. The summed E-state index contributed by atoms with van der Waals surface area (Å²) >= 11 is 0. The molecule has 2 heteroatoms. The van der Waals surface area contributed by atoms with Crippen LogP contribution in [0.2, 0.25) is 0 Å². The van der Waals surface area contributed by atoms with Gasteiger partial charge in [-0.1, -0.05) is 36.4 Å². The predicted molar refractivity (Wildman–Crippen MR) is 76.7 cm³/mol. The fraction of sp³-hybridized carbons (Fsp3) is 0.0625. The molecule has 2 aromatic carbocycles. The van der Waals surface area contributed by atoms with E-state index in [0.717, 1.165) is 16.8 Å². The van der Waals surface area contributed by atoms with Crippen LogP contribution in [0.15, 0.2) is 59.7 Å². The third-order valence-electron chi connectivity index (χ3n) is 3.08. The van der Waals surface area contributed by atoms with Crippen LogP contribution in [0.25, 0.3) is 10.9 Å². The summed E-state index contributed by atoms with van der Waals surface area (Å²) in [6, 6.07) is 16.4. The average molecular weight is 234 g/mol. The largest absolute Gasteiger partial charge is 0.361 e. The lowest BCUT2D eigenvalue weighted by Crippen LogP contribution is -1.78. The van der Waals surface area contributed by atoms with E-state index in [2.05, 4.69) is 35.1 Å². The molecule has 0 aliphatic carbocycles. The van der Waals surface area contributed by atoms with Crippen molar-refractivity contribution < 1.29 is 0 Å². The summed E-state index contributed by atoms with van der Waals surface area (Å²) in [6.45, 7) is 2.07. The van der Waals surface area contributed by atoms with E-state index in [-0.39, 0.29) is 0 Å². The highest BCUT2D eigenvalue weighted by molar-refractivity contribution is 5.99. The molecule has 0 radical (unpaired) electrons. The number of aromatic amines is 1. The van der Waals surface area contributed by atoms with Gasteiger partial charge in [-0.25, -0.2) is 0 Å². The van der Waals surface area contributed by atoms with Crippen LogP contribution >= 0.6 is 0 Å². The van der Waals surface area contributed by atoms with Gasteiger partial charge in [-0.15, -0.1) is 0 Å². The van der Waals surface area contributed by atoms with Gasteiger partial charge < -0.3 is 4.98 Å². The highest BCUT2D eigenvalue weighted by Crippen LogP contribution is 2.19. The van der Waals surface area contributed by atoms with Crippen molar-refractivity contribution in [3.05, 3.63) is 65.9 Å². The summed E-state index contributed by atoms with van der Waals surface area (Å²) < 4.78 is 0. The van der Waals surface area contributed by atoms with Crippen molar-refractivity contribution in [3.63, 3.8) is 0 Å². The van der Waals surface area contributed by atoms with Crippen LogP contribution in [0.1, 0.15) is 11.1 Å². The smallest absolute Gasteiger partial charge is 0.0659 e. The van der Waals surface area contributed by atoms with Crippen LogP contribution in [0.3, 0.4) is 0 Å². The third-order valence-corrected chi connectivity index (χ3v) is 3.08. The van der Waals surface area contributed by atoms with E-state index in [4.69, 9.17) is 0 Å². The molecule has 3 rings (SSSR count). The maximum Gasteiger partial charge on any atom is 0.0659 e. The molecule has 0 spiro atoms. The number of aryl methyl sites for hydroxylation is 1. The van der Waals surface area contributed by atoms with Gasteiger partial charge in [0, 0.05) is 28.9 Å². The van der Waals surface area contributed by atoms with Crippen molar-refractivity contribution >= 4 is 22.8 Å². The molecule has 0 bridgehead atoms. The van der Waals surface area contributed by atoms with Gasteiger partial charge in [-0.05, 0) is 24.6 Å². The monoisotopic (exact) mass is 234 g/mol. The minimum absolute atomic E-state index is 1.02. The zero-order valence-corrected chi connectivity index (χ0v) is 10.2. The number of nitrogens with one attached hydrogen (secondary N) is 1. The van der Waals surface area contributed by atoms with E-state index in [9.17, 15) is 0 Å². The number of H-pyrrole nitrogens is 1. The van der Waals surface area contributed by atoms with E-state index in [1.165, 1.54) is 10.9 Å². The van der Waals surface area contributed by atoms with Crippen LogP contribution in [-0.2, 0) is 0 Å². The van der Waals surface area contributed by atoms with E-state index in [1.807, 2.05) is 42.7 Å². The lowest BCUT2D eigenvalue weighted by molar-refractivity contribution is 1.40. The van der Waals surface area contributed by atoms with E-state index < -0.39 is 0 Å². The van der Waals surface area contributed by atoms with Gasteiger partial charge in [0.1, 0.15) is 0 Å². The first-order valence-electron chi connectivity index (χ1n) is 6.00. The number of rotatable bonds is 2. The number of aliphatic imine (C=N–C) groups is 1. The van der Waals surface area contributed by atoms with Crippen molar-refractivity contribution in [2.45, 2.75) is 6.92 Å². The molecule has 0 amide bonds. The Morgan fingerprint density at radius 1 is 1.00 bits per heavy atom. The Bertz CT molecular complexity index is 708. The van der Waals surface area contributed by atoms with E-state index in [1.54, 1.807) is 0 Å². The van der Waals surface area contributed by atoms with E-state index >= 15 is 0 Å². The van der Waals surface area contributed by atoms with Crippen molar-refractivity contribution in [1.82, 2.24) is 4.98 Å². The molecule has 1 heterocycles. The molecule has 0 unspecified atom stereocenters. The second kappa shape index (κ2) is 4.49. The SMILES string of the molecule is Cc1ccccc1N=Cc1c[nH]c2ccccc12. The molecule has 18 heavy (non-hydrogen) atoms. The first-order valence-corrected chi connectivity index (χ1v) is 6.00.